The summed E-state index contributed by atoms with van der Waals surface area (Å²) in [5.41, 5.74) is 7.22. The number of pyridine rings is 1. The number of rotatable bonds is 3. The molecule has 3 N–H and O–H groups in total. The summed E-state index contributed by atoms with van der Waals surface area (Å²) in [6, 6.07) is 5.95. The molecule has 1 unspecified atom stereocenters. The summed E-state index contributed by atoms with van der Waals surface area (Å²) in [5.74, 6) is 1.62. The molecule has 1 atom stereocenters. The van der Waals surface area contributed by atoms with Crippen LogP contribution in [-0.2, 0) is 0 Å². The van der Waals surface area contributed by atoms with Gasteiger partial charge in [0.2, 0.25) is 0 Å². The van der Waals surface area contributed by atoms with Gasteiger partial charge in [-0.2, -0.15) is 0 Å². The van der Waals surface area contributed by atoms with Crippen molar-refractivity contribution in [2.24, 2.45) is 5.73 Å². The molecule has 90 valence electrons. The van der Waals surface area contributed by atoms with Crippen LogP contribution in [0.25, 0.3) is 5.52 Å². The molecular formula is C13H17N3O. The van der Waals surface area contributed by atoms with Crippen LogP contribution < -0.4 is 5.73 Å². The average molecular weight is 231 g/mol. The maximum Gasteiger partial charge on any atom is 0.116 e. The van der Waals surface area contributed by atoms with Crippen molar-refractivity contribution in [2.45, 2.75) is 31.3 Å². The van der Waals surface area contributed by atoms with Crippen molar-refractivity contribution >= 4 is 5.52 Å². The Balaban J connectivity index is 2.15. The van der Waals surface area contributed by atoms with Crippen molar-refractivity contribution < 1.29 is 5.11 Å². The molecule has 0 bridgehead atoms. The van der Waals surface area contributed by atoms with Gasteiger partial charge < -0.3 is 15.2 Å². The summed E-state index contributed by atoms with van der Waals surface area (Å²) in [7, 11) is 0. The van der Waals surface area contributed by atoms with Crippen LogP contribution >= 0.6 is 0 Å². The lowest BCUT2D eigenvalue weighted by atomic mass is 9.85. The Kier molecular flexibility index (Phi) is 2.61. The average Bonchev–Trinajstić information content (AvgIpc) is 2.66. The summed E-state index contributed by atoms with van der Waals surface area (Å²) >= 11 is 0. The zero-order valence-electron chi connectivity index (χ0n) is 9.71. The van der Waals surface area contributed by atoms with E-state index in [0.29, 0.717) is 5.92 Å². The molecule has 0 aliphatic heterocycles. The van der Waals surface area contributed by atoms with Gasteiger partial charge in [-0.25, -0.2) is 4.98 Å². The van der Waals surface area contributed by atoms with E-state index in [1.165, 1.54) is 19.3 Å². The van der Waals surface area contributed by atoms with Gasteiger partial charge in [0.25, 0.3) is 0 Å². The van der Waals surface area contributed by atoms with Crippen LogP contribution in [-0.4, -0.2) is 21.0 Å². The van der Waals surface area contributed by atoms with Gasteiger partial charge >= 0.3 is 0 Å². The normalized spacial score (nSPS) is 18.2. The van der Waals surface area contributed by atoms with Gasteiger partial charge in [0.05, 0.1) is 11.2 Å². The van der Waals surface area contributed by atoms with Crippen LogP contribution in [0.5, 0.6) is 0 Å². The first kappa shape index (κ1) is 10.7. The second-order valence-corrected chi connectivity index (χ2v) is 4.69. The molecule has 4 heteroatoms. The molecule has 3 rings (SSSR count). The Morgan fingerprint density at radius 3 is 2.94 bits per heavy atom. The Morgan fingerprint density at radius 1 is 1.47 bits per heavy atom. The molecule has 4 nitrogen and oxygen atoms in total. The lowest BCUT2D eigenvalue weighted by Crippen LogP contribution is -2.13. The van der Waals surface area contributed by atoms with E-state index in [2.05, 4.69) is 9.38 Å². The lowest BCUT2D eigenvalue weighted by Gasteiger charge is -2.23. The fourth-order valence-electron chi connectivity index (χ4n) is 2.40. The first-order valence-corrected chi connectivity index (χ1v) is 6.16. The predicted molar refractivity (Wildman–Crippen MR) is 65.8 cm³/mol. The molecule has 0 radical (unpaired) electrons. The summed E-state index contributed by atoms with van der Waals surface area (Å²) < 4.78 is 2.10. The van der Waals surface area contributed by atoms with Crippen molar-refractivity contribution in [1.82, 2.24) is 9.38 Å². The molecule has 2 aromatic rings. The van der Waals surface area contributed by atoms with Crippen molar-refractivity contribution in [3.63, 3.8) is 0 Å². The van der Waals surface area contributed by atoms with Crippen LogP contribution in [0.2, 0.25) is 0 Å². The van der Waals surface area contributed by atoms with Gasteiger partial charge in [0.15, 0.2) is 0 Å². The van der Waals surface area contributed by atoms with E-state index >= 15 is 0 Å². The fourth-order valence-corrected chi connectivity index (χ4v) is 2.40. The van der Waals surface area contributed by atoms with Crippen LogP contribution in [0.3, 0.4) is 0 Å². The number of hydrogen-bond donors (Lipinski definition) is 2. The molecule has 1 saturated carbocycles. The number of imidazole rings is 1. The first-order valence-electron chi connectivity index (χ1n) is 6.16. The summed E-state index contributed by atoms with van der Waals surface area (Å²) in [6.45, 7) is 0.214. The SMILES string of the molecule is NCC(O)c1nc(C2CCC2)n2ccccc12. The zero-order chi connectivity index (χ0) is 11.8. The van der Waals surface area contributed by atoms with E-state index < -0.39 is 6.10 Å². The van der Waals surface area contributed by atoms with E-state index in [-0.39, 0.29) is 6.54 Å². The third-order valence-corrected chi connectivity index (χ3v) is 3.61. The minimum atomic E-state index is -0.666. The van der Waals surface area contributed by atoms with Crippen molar-refractivity contribution in [3.05, 3.63) is 35.9 Å². The second kappa shape index (κ2) is 4.13. The topological polar surface area (TPSA) is 63.5 Å². The van der Waals surface area contributed by atoms with Crippen molar-refractivity contribution in [1.29, 1.82) is 0 Å². The molecule has 1 fully saturated rings. The molecule has 0 saturated heterocycles. The van der Waals surface area contributed by atoms with Gasteiger partial charge in [-0.05, 0) is 25.0 Å². The molecule has 17 heavy (non-hydrogen) atoms. The van der Waals surface area contributed by atoms with E-state index in [9.17, 15) is 5.11 Å². The van der Waals surface area contributed by atoms with Gasteiger partial charge in [-0.3, -0.25) is 0 Å². The molecule has 0 amide bonds. The molecule has 2 aromatic heterocycles. The minimum absolute atomic E-state index is 0.214. The maximum absolute atomic E-state index is 9.91. The van der Waals surface area contributed by atoms with Crippen LogP contribution in [0.15, 0.2) is 24.4 Å². The van der Waals surface area contributed by atoms with E-state index in [0.717, 1.165) is 17.0 Å². The molecule has 1 aliphatic carbocycles. The molecule has 0 spiro atoms. The number of aliphatic hydroxyl groups is 1. The van der Waals surface area contributed by atoms with Crippen molar-refractivity contribution in [2.75, 3.05) is 6.54 Å². The molecule has 0 aromatic carbocycles. The Hall–Kier alpha value is -1.39. The van der Waals surface area contributed by atoms with Gasteiger partial charge in [0, 0.05) is 18.7 Å². The third kappa shape index (κ3) is 1.64. The first-order chi connectivity index (χ1) is 8.31. The highest BCUT2D eigenvalue weighted by atomic mass is 16.3. The molecule has 2 heterocycles. The number of fused-ring (bicyclic) bond motifs is 1. The summed E-state index contributed by atoms with van der Waals surface area (Å²) in [6.07, 6.45) is 5.03. The zero-order valence-corrected chi connectivity index (χ0v) is 9.71. The Morgan fingerprint density at radius 2 is 2.29 bits per heavy atom. The van der Waals surface area contributed by atoms with Gasteiger partial charge in [0.1, 0.15) is 11.9 Å². The smallest absolute Gasteiger partial charge is 0.116 e. The number of nitrogens with two attached hydrogens (primary N) is 1. The number of hydrogen-bond acceptors (Lipinski definition) is 3. The summed E-state index contributed by atoms with van der Waals surface area (Å²) in [5, 5.41) is 9.91. The summed E-state index contributed by atoms with van der Waals surface area (Å²) in [4.78, 5) is 4.62. The van der Waals surface area contributed by atoms with E-state index in [4.69, 9.17) is 5.73 Å². The highest BCUT2D eigenvalue weighted by molar-refractivity contribution is 5.54. The van der Waals surface area contributed by atoms with Crippen LogP contribution in [0.4, 0.5) is 0 Å². The second-order valence-electron chi connectivity index (χ2n) is 4.69. The number of aliphatic hydroxyl groups excluding tert-OH is 1. The van der Waals surface area contributed by atoms with Crippen LogP contribution in [0, 0.1) is 0 Å². The van der Waals surface area contributed by atoms with Crippen molar-refractivity contribution in [3.8, 4) is 0 Å². The highest BCUT2D eigenvalue weighted by Gasteiger charge is 2.26. The van der Waals surface area contributed by atoms with E-state index in [1.807, 2.05) is 24.4 Å². The number of aromatic nitrogens is 2. The molecular weight excluding hydrogens is 214 g/mol. The standard InChI is InChI=1S/C13H17N3O/c14-8-11(17)12-10-6-1-2-7-16(10)13(15-12)9-4-3-5-9/h1-2,6-7,9,11,17H,3-5,8,14H2. The molecule has 1 aliphatic rings. The monoisotopic (exact) mass is 231 g/mol. The predicted octanol–water partition coefficient (Wildman–Crippen LogP) is 1.59. The fraction of sp³-hybridized carbons (Fsp3) is 0.462. The maximum atomic E-state index is 9.91. The highest BCUT2D eigenvalue weighted by Crippen LogP contribution is 2.37. The Bertz CT molecular complexity index is 492. The van der Waals surface area contributed by atoms with Gasteiger partial charge in [-0.15, -0.1) is 0 Å². The lowest BCUT2D eigenvalue weighted by molar-refractivity contribution is 0.183. The third-order valence-electron chi connectivity index (χ3n) is 3.61. The number of nitrogens with zero attached hydrogens (tertiary/aromatic N) is 2. The Labute approximate surface area is 100 Å². The van der Waals surface area contributed by atoms with E-state index in [1.54, 1.807) is 0 Å². The largest absolute Gasteiger partial charge is 0.385 e. The van der Waals surface area contributed by atoms with Crippen LogP contribution in [0.1, 0.15) is 42.8 Å². The minimum Gasteiger partial charge on any atom is -0.385 e. The van der Waals surface area contributed by atoms with Gasteiger partial charge in [-0.1, -0.05) is 12.5 Å². The quantitative estimate of drug-likeness (QED) is 0.843.